The topological polar surface area (TPSA) is 72.9 Å². The summed E-state index contributed by atoms with van der Waals surface area (Å²) in [6, 6.07) is 14.0. The molecule has 2 aromatic carbocycles. The number of amides is 1. The molecule has 2 aromatic rings. The highest BCUT2D eigenvalue weighted by molar-refractivity contribution is 7.98. The Morgan fingerprint density at radius 2 is 1.76 bits per heavy atom. The number of piperazine rings is 1. The Kier molecular flexibility index (Phi) is 10.1. The predicted octanol–water partition coefficient (Wildman–Crippen LogP) is 5.05. The molecule has 2 N–H and O–H groups in total. The number of hydrogen-bond donors (Lipinski definition) is 2. The van der Waals surface area contributed by atoms with E-state index in [9.17, 15) is 14.7 Å². The highest BCUT2D eigenvalue weighted by Crippen LogP contribution is 2.29. The first kappa shape index (κ1) is 27.7. The number of hydrogen-bond acceptors (Lipinski definition) is 5. The Morgan fingerprint density at radius 3 is 2.43 bits per heavy atom. The molecule has 0 bridgehead atoms. The second-order valence-electron chi connectivity index (χ2n) is 10.4. The van der Waals surface area contributed by atoms with Crippen molar-refractivity contribution in [3.8, 4) is 11.1 Å². The van der Waals surface area contributed by atoms with E-state index in [0.29, 0.717) is 17.7 Å². The summed E-state index contributed by atoms with van der Waals surface area (Å²) in [4.78, 5) is 30.3. The number of aliphatic carboxylic acids is 1. The molecule has 37 heavy (non-hydrogen) atoms. The minimum absolute atomic E-state index is 0.334. The van der Waals surface area contributed by atoms with Gasteiger partial charge in [-0.1, -0.05) is 49.6 Å². The molecule has 1 saturated carbocycles. The Hall–Kier alpha value is -2.35. The van der Waals surface area contributed by atoms with Gasteiger partial charge in [0.2, 0.25) is 0 Å². The summed E-state index contributed by atoms with van der Waals surface area (Å²) in [5, 5.41) is 12.4. The van der Waals surface area contributed by atoms with Gasteiger partial charge >= 0.3 is 5.97 Å². The third-order valence-electron chi connectivity index (χ3n) is 7.88. The maximum Gasteiger partial charge on any atom is 0.326 e. The first-order valence-electron chi connectivity index (χ1n) is 13.6. The van der Waals surface area contributed by atoms with Gasteiger partial charge in [-0.15, -0.1) is 0 Å². The number of aryl methyl sites for hydroxylation is 1. The van der Waals surface area contributed by atoms with Crippen LogP contribution in [0, 0.1) is 6.92 Å². The van der Waals surface area contributed by atoms with Crippen molar-refractivity contribution in [3.63, 3.8) is 0 Å². The molecule has 1 amide bonds. The molecule has 1 aliphatic heterocycles. The fourth-order valence-corrected chi connectivity index (χ4v) is 6.18. The molecule has 1 aliphatic carbocycles. The van der Waals surface area contributed by atoms with Crippen molar-refractivity contribution in [2.75, 3.05) is 38.2 Å². The molecule has 4 rings (SSSR count). The van der Waals surface area contributed by atoms with E-state index in [1.807, 2.05) is 49.6 Å². The smallest absolute Gasteiger partial charge is 0.326 e. The lowest BCUT2D eigenvalue weighted by molar-refractivity contribution is -0.139. The van der Waals surface area contributed by atoms with Crippen LogP contribution in [0.5, 0.6) is 0 Å². The van der Waals surface area contributed by atoms with E-state index in [0.717, 1.165) is 55.5 Å². The summed E-state index contributed by atoms with van der Waals surface area (Å²) >= 11 is 1.58. The van der Waals surface area contributed by atoms with E-state index >= 15 is 0 Å². The van der Waals surface area contributed by atoms with Crippen molar-refractivity contribution < 1.29 is 14.7 Å². The zero-order valence-electron chi connectivity index (χ0n) is 22.2. The summed E-state index contributed by atoms with van der Waals surface area (Å²) < 4.78 is 0. The number of nitrogens with one attached hydrogen (secondary N) is 1. The Labute approximate surface area is 225 Å². The first-order valence-corrected chi connectivity index (χ1v) is 15.0. The summed E-state index contributed by atoms with van der Waals surface area (Å²) in [5.41, 5.74) is 4.66. The molecule has 200 valence electrons. The molecule has 7 heteroatoms. The normalized spacial score (nSPS) is 18.4. The molecule has 1 atom stereocenters. The Morgan fingerprint density at radius 1 is 1.03 bits per heavy atom. The third kappa shape index (κ3) is 7.37. The van der Waals surface area contributed by atoms with Gasteiger partial charge in [0.15, 0.2) is 0 Å². The second-order valence-corrected chi connectivity index (χ2v) is 11.4. The summed E-state index contributed by atoms with van der Waals surface area (Å²) in [7, 11) is 0. The molecule has 2 fully saturated rings. The zero-order chi connectivity index (χ0) is 26.2. The molecule has 0 aromatic heterocycles. The van der Waals surface area contributed by atoms with Crippen LogP contribution in [0.25, 0.3) is 11.1 Å². The van der Waals surface area contributed by atoms with Gasteiger partial charge in [0.1, 0.15) is 6.04 Å². The van der Waals surface area contributed by atoms with E-state index in [1.54, 1.807) is 11.8 Å². The van der Waals surface area contributed by atoms with Crippen molar-refractivity contribution in [1.82, 2.24) is 15.1 Å². The third-order valence-corrected chi connectivity index (χ3v) is 8.53. The van der Waals surface area contributed by atoms with Gasteiger partial charge in [0.05, 0.1) is 0 Å². The van der Waals surface area contributed by atoms with Gasteiger partial charge in [-0.3, -0.25) is 14.6 Å². The molecule has 0 spiro atoms. The van der Waals surface area contributed by atoms with Gasteiger partial charge < -0.3 is 10.4 Å². The quantitative estimate of drug-likeness (QED) is 0.454. The summed E-state index contributed by atoms with van der Waals surface area (Å²) in [6.07, 6.45) is 9.17. The lowest BCUT2D eigenvalue weighted by atomic mass is 9.93. The van der Waals surface area contributed by atoms with Crippen LogP contribution in [0.3, 0.4) is 0 Å². The summed E-state index contributed by atoms with van der Waals surface area (Å²) in [6.45, 7) is 7.28. The maximum atomic E-state index is 13.3. The Balaban J connectivity index is 1.50. The number of benzene rings is 2. The standard InChI is InChI=1S/C30H41N3O3S/c1-22-8-6-7-11-25(22)27-20-23(12-13-26(27)29(34)31-28(30(35)36)14-19-37-2)21-32-15-17-33(18-16-32)24-9-4-3-5-10-24/h6-8,11-13,20,24,28H,3-5,9-10,14-19,21H2,1-2H3,(H,31,34)(H,35,36). The van der Waals surface area contributed by atoms with Crippen molar-refractivity contribution in [2.45, 2.75) is 64.1 Å². The van der Waals surface area contributed by atoms with E-state index in [4.69, 9.17) is 0 Å². The Bertz CT molecular complexity index is 1060. The van der Waals surface area contributed by atoms with Gasteiger partial charge in [0, 0.05) is 44.3 Å². The van der Waals surface area contributed by atoms with Gasteiger partial charge in [-0.2, -0.15) is 11.8 Å². The molecule has 1 unspecified atom stereocenters. The van der Waals surface area contributed by atoms with E-state index in [-0.39, 0.29) is 5.91 Å². The van der Waals surface area contributed by atoms with E-state index < -0.39 is 12.0 Å². The molecular formula is C30H41N3O3S. The average Bonchev–Trinajstić information content (AvgIpc) is 2.92. The first-order chi connectivity index (χ1) is 18.0. The molecule has 6 nitrogen and oxygen atoms in total. The number of nitrogens with zero attached hydrogens (tertiary/aromatic N) is 2. The number of thioether (sulfide) groups is 1. The fraction of sp³-hybridized carbons (Fsp3) is 0.533. The molecule has 1 heterocycles. The van der Waals surface area contributed by atoms with E-state index in [1.165, 1.54) is 37.7 Å². The van der Waals surface area contributed by atoms with Gasteiger partial charge in [0.25, 0.3) is 5.91 Å². The number of carbonyl (C=O) groups is 2. The SMILES string of the molecule is CSCCC(NC(=O)c1ccc(CN2CCN(C3CCCCC3)CC2)cc1-c1ccccc1C)C(=O)O. The maximum absolute atomic E-state index is 13.3. The minimum atomic E-state index is -0.996. The van der Waals surface area contributed by atoms with Crippen molar-refractivity contribution in [2.24, 2.45) is 0 Å². The fourth-order valence-electron chi connectivity index (χ4n) is 5.71. The van der Waals surface area contributed by atoms with Crippen LogP contribution < -0.4 is 5.32 Å². The molecular weight excluding hydrogens is 482 g/mol. The lowest BCUT2D eigenvalue weighted by Gasteiger charge is -2.40. The molecule has 1 saturated heterocycles. The van der Waals surface area contributed by atoms with Crippen LogP contribution in [0.2, 0.25) is 0 Å². The monoisotopic (exact) mass is 523 g/mol. The van der Waals surface area contributed by atoms with Crippen molar-refractivity contribution >= 4 is 23.6 Å². The van der Waals surface area contributed by atoms with Crippen LogP contribution in [-0.4, -0.2) is 77.1 Å². The lowest BCUT2D eigenvalue weighted by Crippen LogP contribution is -2.50. The second kappa shape index (κ2) is 13.4. The largest absolute Gasteiger partial charge is 0.480 e. The van der Waals surface area contributed by atoms with Crippen LogP contribution in [-0.2, 0) is 11.3 Å². The number of carboxylic acid groups (broad SMARTS) is 1. The van der Waals surface area contributed by atoms with Crippen LogP contribution >= 0.6 is 11.8 Å². The predicted molar refractivity (Wildman–Crippen MR) is 152 cm³/mol. The van der Waals surface area contributed by atoms with Crippen LogP contribution in [0.4, 0.5) is 0 Å². The van der Waals surface area contributed by atoms with Crippen LogP contribution in [0.1, 0.15) is 60.0 Å². The van der Waals surface area contributed by atoms with Gasteiger partial charge in [-0.25, -0.2) is 4.79 Å². The summed E-state index contributed by atoms with van der Waals surface area (Å²) in [5.74, 6) is -0.655. The average molecular weight is 524 g/mol. The van der Waals surface area contributed by atoms with Crippen LogP contribution in [0.15, 0.2) is 42.5 Å². The highest BCUT2D eigenvalue weighted by Gasteiger charge is 2.26. The number of rotatable bonds is 10. The van der Waals surface area contributed by atoms with Gasteiger partial charge in [-0.05, 0) is 72.6 Å². The number of carbonyl (C=O) groups excluding carboxylic acids is 1. The van der Waals surface area contributed by atoms with Crippen molar-refractivity contribution in [3.05, 3.63) is 59.2 Å². The minimum Gasteiger partial charge on any atom is -0.480 e. The zero-order valence-corrected chi connectivity index (χ0v) is 23.1. The molecule has 2 aliphatic rings. The van der Waals surface area contributed by atoms with Crippen molar-refractivity contribution in [1.29, 1.82) is 0 Å². The molecule has 0 radical (unpaired) electrons. The van der Waals surface area contributed by atoms with E-state index in [2.05, 4.69) is 21.2 Å². The number of carboxylic acids is 1. The highest BCUT2D eigenvalue weighted by atomic mass is 32.2.